The number of carbonyl (C=O) groups is 1. The van der Waals surface area contributed by atoms with E-state index in [2.05, 4.69) is 0 Å². The zero-order valence-electron chi connectivity index (χ0n) is 11.8. The molecular weight excluding hydrogens is 276 g/mol. The van der Waals surface area contributed by atoms with Crippen molar-refractivity contribution >= 4 is 17.5 Å². The van der Waals surface area contributed by atoms with Gasteiger partial charge in [0.15, 0.2) is 0 Å². The molecule has 5 heteroatoms. The molecule has 1 aromatic carbocycles. The first-order valence-corrected chi connectivity index (χ1v) is 7.07. The lowest BCUT2D eigenvalue weighted by molar-refractivity contribution is -0.133. The van der Waals surface area contributed by atoms with Gasteiger partial charge in [0.2, 0.25) is 5.91 Å². The minimum Gasteiger partial charge on any atom is -0.492 e. The Morgan fingerprint density at radius 1 is 1.40 bits per heavy atom. The fourth-order valence-electron chi connectivity index (χ4n) is 1.85. The molecule has 0 heterocycles. The van der Waals surface area contributed by atoms with Gasteiger partial charge < -0.3 is 9.64 Å². The molecule has 4 nitrogen and oxygen atoms in total. The number of rotatable bonds is 7. The van der Waals surface area contributed by atoms with Crippen LogP contribution in [0, 0.1) is 17.2 Å². The highest BCUT2D eigenvalue weighted by molar-refractivity contribution is 6.32. The predicted octanol–water partition coefficient (Wildman–Crippen LogP) is 3.12. The molecule has 1 atom stereocenters. The first kappa shape index (κ1) is 16.3. The molecule has 0 fully saturated rings. The third-order valence-electron chi connectivity index (χ3n) is 3.03. The Morgan fingerprint density at radius 3 is 2.60 bits per heavy atom. The number of amides is 1. The van der Waals surface area contributed by atoms with Crippen molar-refractivity contribution in [2.75, 3.05) is 19.7 Å². The van der Waals surface area contributed by atoms with E-state index in [0.717, 1.165) is 0 Å². The van der Waals surface area contributed by atoms with Crippen LogP contribution >= 0.6 is 11.6 Å². The minimum absolute atomic E-state index is 0.139. The van der Waals surface area contributed by atoms with Gasteiger partial charge in [-0.15, -0.1) is 0 Å². The Balaban J connectivity index is 2.52. The third-order valence-corrected chi connectivity index (χ3v) is 3.34. The fraction of sp³-hybridized carbons (Fsp3) is 0.467. The Morgan fingerprint density at radius 2 is 2.05 bits per heavy atom. The molecule has 0 bridgehead atoms. The van der Waals surface area contributed by atoms with Gasteiger partial charge in [0.05, 0.1) is 17.7 Å². The molecule has 0 aliphatic rings. The van der Waals surface area contributed by atoms with Gasteiger partial charge in [-0.25, -0.2) is 0 Å². The van der Waals surface area contributed by atoms with E-state index in [0.29, 0.717) is 30.3 Å². The van der Waals surface area contributed by atoms with Crippen molar-refractivity contribution in [3.05, 3.63) is 29.3 Å². The molecule has 108 valence electrons. The van der Waals surface area contributed by atoms with Crippen molar-refractivity contribution in [1.82, 2.24) is 4.90 Å². The number of halogens is 1. The molecule has 1 amide bonds. The lowest BCUT2D eigenvalue weighted by Crippen LogP contribution is -2.36. The lowest BCUT2D eigenvalue weighted by Gasteiger charge is -2.21. The molecule has 0 aromatic heterocycles. The van der Waals surface area contributed by atoms with Gasteiger partial charge in [-0.2, -0.15) is 5.26 Å². The molecule has 1 aromatic rings. The molecule has 0 N–H and O–H groups in total. The molecule has 1 rings (SSSR count). The SMILES string of the molecule is CCN(CC)C(=O)C(C#N)CCOc1ccccc1Cl. The second kappa shape index (κ2) is 8.44. The van der Waals surface area contributed by atoms with Gasteiger partial charge in [-0.1, -0.05) is 23.7 Å². The van der Waals surface area contributed by atoms with E-state index in [-0.39, 0.29) is 12.5 Å². The summed E-state index contributed by atoms with van der Waals surface area (Å²) in [5, 5.41) is 9.63. The zero-order valence-corrected chi connectivity index (χ0v) is 12.6. The number of nitriles is 1. The quantitative estimate of drug-likeness (QED) is 0.776. The lowest BCUT2D eigenvalue weighted by atomic mass is 10.1. The number of carbonyl (C=O) groups excluding carboxylic acids is 1. The van der Waals surface area contributed by atoms with Crippen molar-refractivity contribution in [3.63, 3.8) is 0 Å². The van der Waals surface area contributed by atoms with Gasteiger partial charge in [0, 0.05) is 19.5 Å². The van der Waals surface area contributed by atoms with Crippen molar-refractivity contribution in [3.8, 4) is 11.8 Å². The van der Waals surface area contributed by atoms with Gasteiger partial charge in [-0.3, -0.25) is 4.79 Å². The fourth-order valence-corrected chi connectivity index (χ4v) is 2.04. The smallest absolute Gasteiger partial charge is 0.240 e. The summed E-state index contributed by atoms with van der Waals surface area (Å²) >= 11 is 5.97. The van der Waals surface area contributed by atoms with Gasteiger partial charge >= 0.3 is 0 Å². The number of benzene rings is 1. The number of para-hydroxylation sites is 1. The molecule has 1 unspecified atom stereocenters. The van der Waals surface area contributed by atoms with E-state index in [1.165, 1.54) is 0 Å². The van der Waals surface area contributed by atoms with Crippen LogP contribution in [0.4, 0.5) is 0 Å². The Bertz CT molecular complexity index is 481. The molecule has 20 heavy (non-hydrogen) atoms. The predicted molar refractivity (Wildman–Crippen MR) is 78.6 cm³/mol. The van der Waals surface area contributed by atoms with Gasteiger partial charge in [-0.05, 0) is 26.0 Å². The summed E-state index contributed by atoms with van der Waals surface area (Å²) in [6.45, 7) is 5.30. The minimum atomic E-state index is -0.669. The van der Waals surface area contributed by atoms with Crippen molar-refractivity contribution in [2.24, 2.45) is 5.92 Å². The first-order chi connectivity index (χ1) is 9.63. The van der Waals surface area contributed by atoms with E-state index in [1.807, 2.05) is 32.0 Å². The van der Waals surface area contributed by atoms with E-state index >= 15 is 0 Å². The summed E-state index contributed by atoms with van der Waals surface area (Å²) in [6.07, 6.45) is 0.358. The van der Waals surface area contributed by atoms with E-state index in [4.69, 9.17) is 21.6 Å². The van der Waals surface area contributed by atoms with Crippen LogP contribution in [0.2, 0.25) is 5.02 Å². The highest BCUT2D eigenvalue weighted by Crippen LogP contribution is 2.23. The highest BCUT2D eigenvalue weighted by atomic mass is 35.5. The number of ether oxygens (including phenoxy) is 1. The van der Waals surface area contributed by atoms with Crippen LogP contribution in [-0.4, -0.2) is 30.5 Å². The van der Waals surface area contributed by atoms with Crippen molar-refractivity contribution in [2.45, 2.75) is 20.3 Å². The molecule has 0 aliphatic heterocycles. The molecule has 0 saturated carbocycles. The van der Waals surface area contributed by atoms with Crippen LogP contribution in [0.15, 0.2) is 24.3 Å². The Hall–Kier alpha value is -1.73. The Kier molecular flexibility index (Phi) is 6.89. The summed E-state index contributed by atoms with van der Waals surface area (Å²) in [5.74, 6) is -0.237. The maximum atomic E-state index is 12.1. The number of hydrogen-bond acceptors (Lipinski definition) is 3. The van der Waals surface area contributed by atoms with Gasteiger partial charge in [0.25, 0.3) is 0 Å². The monoisotopic (exact) mass is 294 g/mol. The van der Waals surface area contributed by atoms with Gasteiger partial charge in [0.1, 0.15) is 11.7 Å². The summed E-state index contributed by atoms with van der Waals surface area (Å²) < 4.78 is 5.51. The van der Waals surface area contributed by atoms with Crippen LogP contribution in [0.1, 0.15) is 20.3 Å². The maximum absolute atomic E-state index is 12.1. The third kappa shape index (κ3) is 4.43. The van der Waals surface area contributed by atoms with Crippen molar-refractivity contribution < 1.29 is 9.53 Å². The van der Waals surface area contributed by atoms with E-state index in [1.54, 1.807) is 17.0 Å². The molecule has 0 radical (unpaired) electrons. The van der Waals surface area contributed by atoms with Crippen LogP contribution < -0.4 is 4.74 Å². The second-order valence-corrected chi connectivity index (χ2v) is 4.67. The summed E-state index contributed by atoms with van der Waals surface area (Å²) in [7, 11) is 0. The number of hydrogen-bond donors (Lipinski definition) is 0. The van der Waals surface area contributed by atoms with E-state index in [9.17, 15) is 4.79 Å². The largest absolute Gasteiger partial charge is 0.492 e. The zero-order chi connectivity index (χ0) is 15.0. The normalized spacial score (nSPS) is 11.5. The first-order valence-electron chi connectivity index (χ1n) is 6.69. The highest BCUT2D eigenvalue weighted by Gasteiger charge is 2.22. The molecule has 0 aliphatic carbocycles. The standard InChI is InChI=1S/C15H19ClN2O2/c1-3-18(4-2)15(19)12(11-17)9-10-20-14-8-6-5-7-13(14)16/h5-8,12H,3-4,9-10H2,1-2H3. The average Bonchev–Trinajstić information content (AvgIpc) is 2.46. The average molecular weight is 295 g/mol. The second-order valence-electron chi connectivity index (χ2n) is 4.26. The summed E-state index contributed by atoms with van der Waals surface area (Å²) in [6, 6.07) is 9.18. The van der Waals surface area contributed by atoms with Crippen molar-refractivity contribution in [1.29, 1.82) is 5.26 Å². The molecule has 0 saturated heterocycles. The molecule has 0 spiro atoms. The summed E-state index contributed by atoms with van der Waals surface area (Å²) in [4.78, 5) is 13.7. The van der Waals surface area contributed by atoms with E-state index < -0.39 is 5.92 Å². The Labute approximate surface area is 124 Å². The molecular formula is C15H19ClN2O2. The van der Waals surface area contributed by atoms with Crippen LogP contribution in [0.25, 0.3) is 0 Å². The summed E-state index contributed by atoms with van der Waals surface area (Å²) in [5.41, 5.74) is 0. The van der Waals surface area contributed by atoms with Crippen LogP contribution in [0.3, 0.4) is 0 Å². The van der Waals surface area contributed by atoms with Crippen LogP contribution in [-0.2, 0) is 4.79 Å². The van der Waals surface area contributed by atoms with Crippen LogP contribution in [0.5, 0.6) is 5.75 Å². The topological polar surface area (TPSA) is 53.3 Å². The number of nitrogens with zero attached hydrogens (tertiary/aromatic N) is 2. The maximum Gasteiger partial charge on any atom is 0.240 e.